The van der Waals surface area contributed by atoms with Crippen LogP contribution in [0, 0.1) is 13.8 Å². The number of hydrogen-bond acceptors (Lipinski definition) is 3. The molecule has 1 atom stereocenters. The first-order valence-electron chi connectivity index (χ1n) is 5.99. The summed E-state index contributed by atoms with van der Waals surface area (Å²) in [5.74, 6) is 1.70. The Balaban J connectivity index is 2.47. The van der Waals surface area contributed by atoms with Crippen LogP contribution in [0.1, 0.15) is 25.7 Å². The topological polar surface area (TPSA) is 18.5 Å². The molecule has 0 spiro atoms. The maximum Gasteiger partial charge on any atom is 0.123 e. The van der Waals surface area contributed by atoms with Crippen molar-refractivity contribution >= 4 is 27.3 Å². The van der Waals surface area contributed by atoms with Crippen molar-refractivity contribution in [3.63, 3.8) is 0 Å². The highest BCUT2D eigenvalue weighted by Crippen LogP contribution is 2.41. The summed E-state index contributed by atoms with van der Waals surface area (Å²) < 4.78 is 10.8. The van der Waals surface area contributed by atoms with Gasteiger partial charge in [-0.15, -0.1) is 11.3 Å². The lowest BCUT2D eigenvalue weighted by Crippen LogP contribution is -1.98. The van der Waals surface area contributed by atoms with Crippen molar-refractivity contribution in [2.24, 2.45) is 0 Å². The lowest BCUT2D eigenvalue weighted by Gasteiger charge is -2.15. The summed E-state index contributed by atoms with van der Waals surface area (Å²) in [6.45, 7) is 4.28. The molecule has 2 nitrogen and oxygen atoms in total. The molecule has 0 amide bonds. The molecule has 0 N–H and O–H groups in total. The Labute approximate surface area is 126 Å². The van der Waals surface area contributed by atoms with E-state index in [2.05, 4.69) is 35.8 Å². The van der Waals surface area contributed by atoms with Gasteiger partial charge in [0.1, 0.15) is 11.5 Å². The van der Waals surface area contributed by atoms with Gasteiger partial charge in [-0.2, -0.15) is 0 Å². The zero-order valence-electron chi connectivity index (χ0n) is 11.5. The van der Waals surface area contributed by atoms with E-state index in [-0.39, 0.29) is 4.83 Å². The predicted octanol–water partition coefficient (Wildman–Crippen LogP) is 4.87. The van der Waals surface area contributed by atoms with E-state index in [0.717, 1.165) is 17.1 Å². The molecule has 1 unspecified atom stereocenters. The summed E-state index contributed by atoms with van der Waals surface area (Å²) in [5, 5.41) is 0. The fraction of sp³-hybridized carbons (Fsp3) is 0.333. The summed E-state index contributed by atoms with van der Waals surface area (Å²) in [6, 6.07) is 8.09. The van der Waals surface area contributed by atoms with E-state index in [9.17, 15) is 0 Å². The van der Waals surface area contributed by atoms with Gasteiger partial charge in [-0.05, 0) is 43.7 Å². The maximum absolute atomic E-state index is 5.45. The van der Waals surface area contributed by atoms with Gasteiger partial charge < -0.3 is 9.47 Å². The molecule has 0 saturated carbocycles. The molecule has 0 bridgehead atoms. The van der Waals surface area contributed by atoms with Gasteiger partial charge in [0.05, 0.1) is 19.0 Å². The lowest BCUT2D eigenvalue weighted by molar-refractivity contribution is 0.399. The van der Waals surface area contributed by atoms with E-state index in [1.54, 1.807) is 14.2 Å². The van der Waals surface area contributed by atoms with Crippen molar-refractivity contribution in [1.82, 2.24) is 0 Å². The molecule has 2 aromatic rings. The lowest BCUT2D eigenvalue weighted by atomic mass is 10.0. The zero-order valence-corrected chi connectivity index (χ0v) is 13.9. The van der Waals surface area contributed by atoms with Crippen molar-refractivity contribution in [2.45, 2.75) is 18.7 Å². The average Bonchev–Trinajstić information content (AvgIpc) is 2.76. The standard InChI is InChI=1S/C15H17BrO2S/c1-9-7-12(10(2)19-9)15(16)13-8-11(17-3)5-6-14(13)18-4/h5-8,15H,1-4H3. The van der Waals surface area contributed by atoms with Crippen LogP contribution in [0.25, 0.3) is 0 Å². The summed E-state index contributed by atoms with van der Waals surface area (Å²) in [6.07, 6.45) is 0. The fourth-order valence-corrected chi connectivity index (χ4v) is 4.06. The summed E-state index contributed by atoms with van der Waals surface area (Å²) in [7, 11) is 3.37. The van der Waals surface area contributed by atoms with Gasteiger partial charge in [0.25, 0.3) is 0 Å². The molecule has 0 aliphatic rings. The van der Waals surface area contributed by atoms with E-state index < -0.39 is 0 Å². The normalized spacial score (nSPS) is 12.3. The highest BCUT2D eigenvalue weighted by atomic mass is 79.9. The van der Waals surface area contributed by atoms with E-state index in [4.69, 9.17) is 9.47 Å². The van der Waals surface area contributed by atoms with Crippen molar-refractivity contribution in [3.05, 3.63) is 45.1 Å². The van der Waals surface area contributed by atoms with Gasteiger partial charge in [0.15, 0.2) is 0 Å². The molecule has 1 aromatic carbocycles. The van der Waals surface area contributed by atoms with Crippen LogP contribution in [0.3, 0.4) is 0 Å². The Morgan fingerprint density at radius 3 is 2.32 bits per heavy atom. The van der Waals surface area contributed by atoms with E-state index in [1.807, 2.05) is 29.5 Å². The predicted molar refractivity (Wildman–Crippen MR) is 84.1 cm³/mol. The third-order valence-electron chi connectivity index (χ3n) is 3.06. The molecule has 0 saturated heterocycles. The van der Waals surface area contributed by atoms with Crippen molar-refractivity contribution in [1.29, 1.82) is 0 Å². The molecule has 2 rings (SSSR count). The van der Waals surface area contributed by atoms with Crippen LogP contribution >= 0.6 is 27.3 Å². The van der Waals surface area contributed by atoms with Crippen LogP contribution in [0.4, 0.5) is 0 Å². The number of hydrogen-bond donors (Lipinski definition) is 0. The fourth-order valence-electron chi connectivity index (χ4n) is 2.11. The molecular weight excluding hydrogens is 324 g/mol. The summed E-state index contributed by atoms with van der Waals surface area (Å²) in [4.78, 5) is 2.76. The first-order valence-corrected chi connectivity index (χ1v) is 7.73. The van der Waals surface area contributed by atoms with Gasteiger partial charge in [-0.3, -0.25) is 0 Å². The number of thiophene rings is 1. The van der Waals surface area contributed by atoms with Gasteiger partial charge in [0.2, 0.25) is 0 Å². The van der Waals surface area contributed by atoms with Gasteiger partial charge in [-0.1, -0.05) is 15.9 Å². The quantitative estimate of drug-likeness (QED) is 0.739. The monoisotopic (exact) mass is 340 g/mol. The third-order valence-corrected chi connectivity index (χ3v) is 5.03. The van der Waals surface area contributed by atoms with Crippen molar-refractivity contribution < 1.29 is 9.47 Å². The molecule has 0 fully saturated rings. The van der Waals surface area contributed by atoms with E-state index >= 15 is 0 Å². The Bertz CT molecular complexity index is 578. The molecule has 1 heterocycles. The van der Waals surface area contributed by atoms with Gasteiger partial charge in [-0.25, -0.2) is 0 Å². The molecule has 1 aromatic heterocycles. The number of ether oxygens (including phenoxy) is 2. The van der Waals surface area contributed by atoms with Crippen LogP contribution in [-0.4, -0.2) is 14.2 Å². The SMILES string of the molecule is COc1ccc(OC)c(C(Br)c2cc(C)sc2C)c1. The number of methoxy groups -OCH3 is 2. The molecule has 0 radical (unpaired) electrons. The van der Waals surface area contributed by atoms with Crippen molar-refractivity contribution in [2.75, 3.05) is 14.2 Å². The Morgan fingerprint density at radius 2 is 1.79 bits per heavy atom. The largest absolute Gasteiger partial charge is 0.497 e. The van der Waals surface area contributed by atoms with Crippen LogP contribution < -0.4 is 9.47 Å². The maximum atomic E-state index is 5.45. The minimum absolute atomic E-state index is 0.113. The Hall–Kier alpha value is -1.00. The third kappa shape index (κ3) is 2.95. The average molecular weight is 341 g/mol. The number of rotatable bonds is 4. The first-order chi connectivity index (χ1) is 9.06. The minimum Gasteiger partial charge on any atom is -0.497 e. The molecule has 0 aliphatic carbocycles. The molecule has 102 valence electrons. The van der Waals surface area contributed by atoms with E-state index in [1.165, 1.54) is 15.3 Å². The Morgan fingerprint density at radius 1 is 1.05 bits per heavy atom. The highest BCUT2D eigenvalue weighted by molar-refractivity contribution is 9.09. The Kier molecular flexibility index (Phi) is 4.53. The zero-order chi connectivity index (χ0) is 14.0. The van der Waals surface area contributed by atoms with E-state index in [0.29, 0.717) is 0 Å². The number of aryl methyl sites for hydroxylation is 2. The highest BCUT2D eigenvalue weighted by Gasteiger charge is 2.19. The van der Waals surface area contributed by atoms with Crippen molar-refractivity contribution in [3.8, 4) is 11.5 Å². The smallest absolute Gasteiger partial charge is 0.123 e. The summed E-state index contributed by atoms with van der Waals surface area (Å²) in [5.41, 5.74) is 2.37. The van der Waals surface area contributed by atoms with Crippen LogP contribution in [-0.2, 0) is 0 Å². The van der Waals surface area contributed by atoms with Gasteiger partial charge in [0, 0.05) is 15.3 Å². The van der Waals surface area contributed by atoms with Gasteiger partial charge >= 0.3 is 0 Å². The molecule has 19 heavy (non-hydrogen) atoms. The number of halogens is 1. The minimum atomic E-state index is 0.113. The molecule has 0 aliphatic heterocycles. The number of alkyl halides is 1. The first kappa shape index (κ1) is 14.4. The summed E-state index contributed by atoms with van der Waals surface area (Å²) >= 11 is 5.60. The van der Waals surface area contributed by atoms with Crippen LogP contribution in [0.15, 0.2) is 24.3 Å². The molecule has 4 heteroatoms. The second kappa shape index (κ2) is 5.97. The molecular formula is C15H17BrO2S. The second-order valence-corrected chi connectivity index (χ2v) is 6.72. The van der Waals surface area contributed by atoms with Crippen LogP contribution in [0.5, 0.6) is 11.5 Å². The number of benzene rings is 1. The second-order valence-electron chi connectivity index (χ2n) is 4.34. The van der Waals surface area contributed by atoms with Crippen LogP contribution in [0.2, 0.25) is 0 Å².